The molecule has 1 aliphatic heterocycles. The molecule has 9 rings (SSSR count). The summed E-state index contributed by atoms with van der Waals surface area (Å²) in [5, 5.41) is 2.17. The maximum Gasteiger partial charge on any atom is 0.268 e. The van der Waals surface area contributed by atoms with Crippen LogP contribution in [0.4, 0.5) is 5.69 Å². The van der Waals surface area contributed by atoms with Gasteiger partial charge in [-0.25, -0.2) is 4.90 Å². The smallest absolute Gasteiger partial charge is 0.268 e. The molecule has 1 aliphatic rings. The molecule has 0 unspecified atom stereocenters. The number of fused-ring (bicyclic) bond motifs is 4. The standard InChI is InChI=1S/C45H30N2O2/c1-29-12-10-17-32(24-29)33-22-23-41-39(28-33)37-18-8-9-20-40(37)47(41)42-21-11-19-38-43(42)45(49)46(44(38)48)36-26-34(30-13-4-2-5-14-30)25-35(27-36)31-15-6-3-7-16-31/h2-28H,1H3. The summed E-state index contributed by atoms with van der Waals surface area (Å²) in [5.41, 5.74) is 11.4. The Morgan fingerprint density at radius 3 is 1.76 bits per heavy atom. The fraction of sp³-hybridized carbons (Fsp3) is 0.0222. The van der Waals surface area contributed by atoms with Crippen LogP contribution < -0.4 is 4.90 Å². The zero-order chi connectivity index (χ0) is 33.1. The van der Waals surface area contributed by atoms with Gasteiger partial charge in [0.2, 0.25) is 0 Å². The molecular formula is C45H30N2O2. The summed E-state index contributed by atoms with van der Waals surface area (Å²) in [4.78, 5) is 30.3. The summed E-state index contributed by atoms with van der Waals surface area (Å²) in [6.45, 7) is 2.10. The number of rotatable bonds is 5. The van der Waals surface area contributed by atoms with Crippen LogP contribution in [0.15, 0.2) is 164 Å². The molecule has 0 fully saturated rings. The third-order valence-electron chi connectivity index (χ3n) is 9.55. The van der Waals surface area contributed by atoms with Gasteiger partial charge in [0.1, 0.15) is 0 Å². The van der Waals surface area contributed by atoms with E-state index in [1.807, 2.05) is 97.1 Å². The molecule has 2 heterocycles. The van der Waals surface area contributed by atoms with Crippen molar-refractivity contribution in [2.45, 2.75) is 6.92 Å². The van der Waals surface area contributed by atoms with Crippen molar-refractivity contribution in [2.24, 2.45) is 0 Å². The van der Waals surface area contributed by atoms with Crippen molar-refractivity contribution in [3.8, 4) is 39.1 Å². The molecule has 0 aliphatic carbocycles. The number of carbonyl (C=O) groups is 2. The molecule has 0 bridgehead atoms. The van der Waals surface area contributed by atoms with Gasteiger partial charge < -0.3 is 4.57 Å². The first-order valence-electron chi connectivity index (χ1n) is 16.4. The second-order valence-corrected chi connectivity index (χ2v) is 12.6. The Kier molecular flexibility index (Phi) is 6.63. The van der Waals surface area contributed by atoms with Gasteiger partial charge in [-0.15, -0.1) is 0 Å². The number of hydrogen-bond acceptors (Lipinski definition) is 2. The van der Waals surface area contributed by atoms with Gasteiger partial charge in [0.25, 0.3) is 11.8 Å². The first-order chi connectivity index (χ1) is 24.0. The molecule has 0 saturated carbocycles. The van der Waals surface area contributed by atoms with Gasteiger partial charge >= 0.3 is 0 Å². The lowest BCUT2D eigenvalue weighted by Gasteiger charge is -2.18. The van der Waals surface area contributed by atoms with Crippen molar-refractivity contribution in [2.75, 3.05) is 4.90 Å². The third-order valence-corrected chi connectivity index (χ3v) is 9.55. The van der Waals surface area contributed by atoms with Gasteiger partial charge in [-0.2, -0.15) is 0 Å². The van der Waals surface area contributed by atoms with Crippen LogP contribution in [0.5, 0.6) is 0 Å². The second-order valence-electron chi connectivity index (χ2n) is 12.6. The quantitative estimate of drug-likeness (QED) is 0.178. The van der Waals surface area contributed by atoms with Crippen LogP contribution in [-0.2, 0) is 0 Å². The molecule has 4 heteroatoms. The minimum atomic E-state index is -0.331. The molecule has 0 N–H and O–H groups in total. The number of amides is 2. The lowest BCUT2D eigenvalue weighted by molar-refractivity contribution is 0.0926. The Hall–Kier alpha value is -6.52. The lowest BCUT2D eigenvalue weighted by atomic mass is 9.97. The number of para-hydroxylation sites is 1. The van der Waals surface area contributed by atoms with Gasteiger partial charge in [0.15, 0.2) is 0 Å². The van der Waals surface area contributed by atoms with Crippen LogP contribution in [0.25, 0.3) is 60.9 Å². The first-order valence-corrected chi connectivity index (χ1v) is 16.4. The predicted octanol–water partition coefficient (Wildman–Crippen LogP) is 10.9. The van der Waals surface area contributed by atoms with Gasteiger partial charge in [0.05, 0.1) is 33.5 Å². The number of anilines is 1. The molecule has 0 spiro atoms. The number of aryl methyl sites for hydroxylation is 1. The number of aromatic nitrogens is 1. The Morgan fingerprint density at radius 1 is 0.429 bits per heavy atom. The van der Waals surface area contributed by atoms with E-state index < -0.39 is 0 Å². The average molecular weight is 631 g/mol. The number of imide groups is 1. The van der Waals surface area contributed by atoms with Crippen LogP contribution in [0, 0.1) is 6.92 Å². The number of carbonyl (C=O) groups excluding carboxylic acids is 2. The largest absolute Gasteiger partial charge is 0.308 e. The van der Waals surface area contributed by atoms with E-state index in [0.717, 1.165) is 55.2 Å². The van der Waals surface area contributed by atoms with Crippen LogP contribution in [0.1, 0.15) is 26.3 Å². The molecule has 49 heavy (non-hydrogen) atoms. The lowest BCUT2D eigenvalue weighted by Crippen LogP contribution is -2.29. The molecule has 0 saturated heterocycles. The van der Waals surface area contributed by atoms with E-state index in [1.54, 1.807) is 6.07 Å². The SMILES string of the molecule is Cc1cccc(-c2ccc3c(c2)c2ccccc2n3-c2cccc3c2C(=O)N(c2cc(-c4ccccc4)cc(-c4ccccc4)c2)C3=O)c1. The maximum atomic E-state index is 14.7. The van der Waals surface area contributed by atoms with E-state index in [1.165, 1.54) is 10.5 Å². The summed E-state index contributed by atoms with van der Waals surface area (Å²) >= 11 is 0. The van der Waals surface area contributed by atoms with Crippen molar-refractivity contribution in [1.82, 2.24) is 4.57 Å². The van der Waals surface area contributed by atoms with Gasteiger partial charge in [-0.1, -0.05) is 121 Å². The minimum Gasteiger partial charge on any atom is -0.308 e. The molecule has 4 nitrogen and oxygen atoms in total. The van der Waals surface area contributed by atoms with Gasteiger partial charge in [0, 0.05) is 10.8 Å². The summed E-state index contributed by atoms with van der Waals surface area (Å²) in [7, 11) is 0. The fourth-order valence-electron chi connectivity index (χ4n) is 7.26. The van der Waals surface area contributed by atoms with Crippen molar-refractivity contribution in [3.63, 3.8) is 0 Å². The molecule has 8 aromatic rings. The highest BCUT2D eigenvalue weighted by atomic mass is 16.2. The van der Waals surface area contributed by atoms with Gasteiger partial charge in [-0.05, 0) is 88.8 Å². The highest BCUT2D eigenvalue weighted by molar-refractivity contribution is 6.36. The van der Waals surface area contributed by atoms with E-state index >= 15 is 0 Å². The van der Waals surface area contributed by atoms with E-state index in [2.05, 4.69) is 72.2 Å². The van der Waals surface area contributed by atoms with Crippen LogP contribution in [-0.4, -0.2) is 16.4 Å². The predicted molar refractivity (Wildman–Crippen MR) is 199 cm³/mol. The maximum absolute atomic E-state index is 14.7. The molecule has 0 radical (unpaired) electrons. The Balaban J connectivity index is 1.22. The van der Waals surface area contributed by atoms with E-state index in [-0.39, 0.29) is 11.8 Å². The first kappa shape index (κ1) is 28.7. The molecule has 7 aromatic carbocycles. The van der Waals surface area contributed by atoms with E-state index in [0.29, 0.717) is 22.5 Å². The van der Waals surface area contributed by atoms with Crippen molar-refractivity contribution >= 4 is 39.3 Å². The van der Waals surface area contributed by atoms with Crippen molar-refractivity contribution in [1.29, 1.82) is 0 Å². The normalized spacial score (nSPS) is 12.6. The van der Waals surface area contributed by atoms with Crippen molar-refractivity contribution in [3.05, 3.63) is 180 Å². The summed E-state index contributed by atoms with van der Waals surface area (Å²) in [5.74, 6) is -0.657. The summed E-state index contributed by atoms with van der Waals surface area (Å²) in [6.07, 6.45) is 0. The van der Waals surface area contributed by atoms with E-state index in [9.17, 15) is 9.59 Å². The van der Waals surface area contributed by atoms with Crippen LogP contribution in [0.3, 0.4) is 0 Å². The van der Waals surface area contributed by atoms with E-state index in [4.69, 9.17) is 0 Å². The molecular weight excluding hydrogens is 601 g/mol. The number of benzene rings is 7. The Labute approximate surface area is 284 Å². The Bertz CT molecular complexity index is 2540. The summed E-state index contributed by atoms with van der Waals surface area (Å²) < 4.78 is 2.13. The van der Waals surface area contributed by atoms with Crippen LogP contribution >= 0.6 is 0 Å². The molecule has 1 aromatic heterocycles. The zero-order valence-electron chi connectivity index (χ0n) is 26.8. The second kappa shape index (κ2) is 11.3. The summed E-state index contributed by atoms with van der Waals surface area (Å²) in [6, 6.07) is 54.9. The molecule has 232 valence electrons. The molecule has 0 atom stereocenters. The highest BCUT2D eigenvalue weighted by Gasteiger charge is 2.39. The fourth-order valence-corrected chi connectivity index (χ4v) is 7.26. The third kappa shape index (κ3) is 4.68. The molecule has 2 amide bonds. The number of hydrogen-bond donors (Lipinski definition) is 0. The van der Waals surface area contributed by atoms with Crippen LogP contribution in [0.2, 0.25) is 0 Å². The topological polar surface area (TPSA) is 42.3 Å². The van der Waals surface area contributed by atoms with Gasteiger partial charge in [-0.3, -0.25) is 9.59 Å². The minimum absolute atomic E-state index is 0.325. The monoisotopic (exact) mass is 630 g/mol. The van der Waals surface area contributed by atoms with Crippen molar-refractivity contribution < 1.29 is 9.59 Å². The zero-order valence-corrected chi connectivity index (χ0v) is 26.8. The number of nitrogens with zero attached hydrogens (tertiary/aromatic N) is 2. The Morgan fingerprint density at radius 2 is 1.04 bits per heavy atom. The highest BCUT2D eigenvalue weighted by Crippen LogP contribution is 2.40. The average Bonchev–Trinajstić information content (AvgIpc) is 3.62.